The third-order valence-corrected chi connectivity index (χ3v) is 4.90. The van der Waals surface area contributed by atoms with Crippen LogP contribution in [0.3, 0.4) is 0 Å². The van der Waals surface area contributed by atoms with Crippen LogP contribution in [-0.2, 0) is 22.5 Å². The molecule has 4 heteroatoms. The Kier molecular flexibility index (Phi) is 4.97. The summed E-state index contributed by atoms with van der Waals surface area (Å²) < 4.78 is 10.9. The molecule has 1 fully saturated rings. The summed E-state index contributed by atoms with van der Waals surface area (Å²) in [6.07, 6.45) is 5.40. The Bertz CT molecular complexity index is 876. The third-order valence-electron chi connectivity index (χ3n) is 4.90. The van der Waals surface area contributed by atoms with Crippen molar-refractivity contribution in [3.63, 3.8) is 0 Å². The molecule has 1 N–H and O–H groups in total. The van der Waals surface area contributed by atoms with E-state index in [4.69, 9.17) is 9.47 Å². The van der Waals surface area contributed by atoms with Gasteiger partial charge in [0.1, 0.15) is 12.4 Å². The first kappa shape index (κ1) is 17.4. The Morgan fingerprint density at radius 3 is 2.44 bits per heavy atom. The van der Waals surface area contributed by atoms with E-state index in [9.17, 15) is 4.79 Å². The molecule has 1 heterocycles. The van der Waals surface area contributed by atoms with E-state index in [0.717, 1.165) is 17.7 Å². The molecule has 0 spiro atoms. The molecule has 0 aromatic heterocycles. The van der Waals surface area contributed by atoms with E-state index in [-0.39, 0.29) is 12.0 Å². The summed E-state index contributed by atoms with van der Waals surface area (Å²) in [5, 5.41) is 3.62. The molecule has 2 aromatic rings. The minimum atomic E-state index is -0.325. The van der Waals surface area contributed by atoms with Crippen LogP contribution in [0.2, 0.25) is 0 Å². The Labute approximate surface area is 159 Å². The molecule has 0 amide bonds. The average molecular weight is 361 g/mol. The zero-order chi connectivity index (χ0) is 18.6. The van der Waals surface area contributed by atoms with Gasteiger partial charge in [-0.1, -0.05) is 42.5 Å². The fourth-order valence-corrected chi connectivity index (χ4v) is 3.24. The van der Waals surface area contributed by atoms with Gasteiger partial charge in [0.15, 0.2) is 0 Å². The molecule has 1 saturated carbocycles. The quantitative estimate of drug-likeness (QED) is 0.786. The zero-order valence-corrected chi connectivity index (χ0v) is 15.4. The molecule has 0 unspecified atom stereocenters. The number of carbonyl (C=O) groups is 1. The third kappa shape index (κ3) is 4.22. The van der Waals surface area contributed by atoms with Gasteiger partial charge in [-0.3, -0.25) is 0 Å². The Morgan fingerprint density at radius 1 is 1.04 bits per heavy atom. The van der Waals surface area contributed by atoms with Crippen LogP contribution in [0.25, 0.3) is 0 Å². The number of methoxy groups -OCH3 is 1. The van der Waals surface area contributed by atoms with Crippen molar-refractivity contribution in [3.05, 3.63) is 94.4 Å². The van der Waals surface area contributed by atoms with Crippen molar-refractivity contribution in [1.29, 1.82) is 0 Å². The van der Waals surface area contributed by atoms with Gasteiger partial charge >= 0.3 is 5.97 Å². The lowest BCUT2D eigenvalue weighted by Gasteiger charge is -2.17. The van der Waals surface area contributed by atoms with Crippen LogP contribution < -0.4 is 5.32 Å². The first-order valence-electron chi connectivity index (χ1n) is 9.27. The summed E-state index contributed by atoms with van der Waals surface area (Å²) in [7, 11) is 1.39. The predicted molar refractivity (Wildman–Crippen MR) is 104 cm³/mol. The molecule has 1 aliphatic carbocycles. The second kappa shape index (κ2) is 7.70. The SMILES string of the molecule is COC(=O)c1ccc(COC2=CC(=C3CC3)N[C@H]2Cc2ccccc2)cc1. The molecule has 138 valence electrons. The number of ether oxygens (including phenoxy) is 2. The van der Waals surface area contributed by atoms with Gasteiger partial charge in [-0.15, -0.1) is 0 Å². The number of benzene rings is 2. The molecule has 2 aromatic carbocycles. The highest BCUT2D eigenvalue weighted by atomic mass is 16.5. The van der Waals surface area contributed by atoms with Crippen LogP contribution in [0.5, 0.6) is 0 Å². The molecule has 0 radical (unpaired) electrons. The van der Waals surface area contributed by atoms with Crippen LogP contribution >= 0.6 is 0 Å². The van der Waals surface area contributed by atoms with Crippen molar-refractivity contribution >= 4 is 5.97 Å². The van der Waals surface area contributed by atoms with Crippen LogP contribution in [-0.4, -0.2) is 19.1 Å². The van der Waals surface area contributed by atoms with Crippen molar-refractivity contribution in [1.82, 2.24) is 5.32 Å². The molecule has 4 nitrogen and oxygen atoms in total. The molecule has 0 saturated heterocycles. The number of hydrogen-bond acceptors (Lipinski definition) is 4. The molecule has 2 aliphatic rings. The molecular weight excluding hydrogens is 338 g/mol. The summed E-state index contributed by atoms with van der Waals surface area (Å²) in [4.78, 5) is 11.5. The van der Waals surface area contributed by atoms with Gasteiger partial charge in [-0.2, -0.15) is 0 Å². The summed E-state index contributed by atoms with van der Waals surface area (Å²) in [6, 6.07) is 18.0. The number of esters is 1. The molecule has 4 rings (SSSR count). The van der Waals surface area contributed by atoms with Gasteiger partial charge in [0, 0.05) is 11.8 Å². The van der Waals surface area contributed by atoms with Crippen molar-refractivity contribution < 1.29 is 14.3 Å². The standard InChI is InChI=1S/C23H23NO3/c1-26-23(25)19-9-7-17(8-10-19)15-27-22-14-20(18-11-12-18)24-21(22)13-16-5-3-2-4-6-16/h2-10,14,21,24H,11-13,15H2,1H3/t21-/m0/s1. The topological polar surface area (TPSA) is 47.6 Å². The minimum Gasteiger partial charge on any atom is -0.491 e. The zero-order valence-electron chi connectivity index (χ0n) is 15.4. The maximum absolute atomic E-state index is 11.5. The molecule has 0 bridgehead atoms. The van der Waals surface area contributed by atoms with Gasteiger partial charge in [0.25, 0.3) is 0 Å². The second-order valence-electron chi connectivity index (χ2n) is 6.93. The number of allylic oxidation sites excluding steroid dienone is 2. The van der Waals surface area contributed by atoms with Crippen molar-refractivity contribution in [2.45, 2.75) is 31.9 Å². The van der Waals surface area contributed by atoms with Gasteiger partial charge < -0.3 is 14.8 Å². The summed E-state index contributed by atoms with van der Waals surface area (Å²) in [5.41, 5.74) is 5.57. The molecule has 1 atom stereocenters. The number of rotatable bonds is 6. The normalized spacial score (nSPS) is 18.0. The molecule has 27 heavy (non-hydrogen) atoms. The minimum absolute atomic E-state index is 0.157. The predicted octanol–water partition coefficient (Wildman–Crippen LogP) is 4.14. The van der Waals surface area contributed by atoms with Gasteiger partial charge in [0.2, 0.25) is 0 Å². The highest BCUT2D eigenvalue weighted by molar-refractivity contribution is 5.89. The Morgan fingerprint density at radius 2 is 1.78 bits per heavy atom. The largest absolute Gasteiger partial charge is 0.491 e. The summed E-state index contributed by atoms with van der Waals surface area (Å²) in [6.45, 7) is 0.475. The van der Waals surface area contributed by atoms with E-state index in [1.807, 2.05) is 18.2 Å². The Hall–Kier alpha value is -3.01. The second-order valence-corrected chi connectivity index (χ2v) is 6.93. The first-order valence-corrected chi connectivity index (χ1v) is 9.27. The maximum Gasteiger partial charge on any atom is 0.337 e. The first-order chi connectivity index (χ1) is 13.2. The number of hydrogen-bond donors (Lipinski definition) is 1. The monoisotopic (exact) mass is 361 g/mol. The summed E-state index contributed by atoms with van der Waals surface area (Å²) >= 11 is 0. The summed E-state index contributed by atoms with van der Waals surface area (Å²) in [5.74, 6) is 0.652. The number of carbonyl (C=O) groups excluding carboxylic acids is 1. The fourth-order valence-electron chi connectivity index (χ4n) is 3.24. The van der Waals surface area contributed by atoms with Crippen molar-refractivity contribution in [2.75, 3.05) is 7.11 Å². The average Bonchev–Trinajstić information content (AvgIpc) is 3.49. The van der Waals surface area contributed by atoms with Crippen LogP contribution in [0.15, 0.2) is 77.7 Å². The van der Waals surface area contributed by atoms with Gasteiger partial charge in [-0.25, -0.2) is 4.79 Å². The highest BCUT2D eigenvalue weighted by Crippen LogP contribution is 2.35. The van der Waals surface area contributed by atoms with E-state index in [1.54, 1.807) is 12.1 Å². The van der Waals surface area contributed by atoms with Crippen molar-refractivity contribution in [2.24, 2.45) is 0 Å². The lowest BCUT2D eigenvalue weighted by Crippen LogP contribution is -2.27. The maximum atomic E-state index is 11.5. The van der Waals surface area contributed by atoms with E-state index in [2.05, 4.69) is 35.7 Å². The van der Waals surface area contributed by atoms with E-state index < -0.39 is 0 Å². The van der Waals surface area contributed by atoms with Crippen LogP contribution in [0.4, 0.5) is 0 Å². The van der Waals surface area contributed by atoms with E-state index >= 15 is 0 Å². The highest BCUT2D eigenvalue weighted by Gasteiger charge is 2.28. The van der Waals surface area contributed by atoms with Crippen molar-refractivity contribution in [3.8, 4) is 0 Å². The van der Waals surface area contributed by atoms with E-state index in [1.165, 1.54) is 36.8 Å². The lowest BCUT2D eigenvalue weighted by atomic mass is 10.1. The van der Waals surface area contributed by atoms with E-state index in [0.29, 0.717) is 12.2 Å². The Balaban J connectivity index is 1.44. The smallest absolute Gasteiger partial charge is 0.337 e. The van der Waals surface area contributed by atoms with Gasteiger partial charge in [0.05, 0.1) is 18.7 Å². The lowest BCUT2D eigenvalue weighted by molar-refractivity contribution is 0.0600. The number of nitrogens with one attached hydrogen (secondary N) is 1. The van der Waals surface area contributed by atoms with Crippen LogP contribution in [0.1, 0.15) is 34.3 Å². The van der Waals surface area contributed by atoms with Crippen LogP contribution in [0, 0.1) is 0 Å². The molecular formula is C23H23NO3. The fraction of sp³-hybridized carbons (Fsp3) is 0.261. The van der Waals surface area contributed by atoms with Gasteiger partial charge in [-0.05, 0) is 48.1 Å². The molecule has 1 aliphatic heterocycles.